The first kappa shape index (κ1) is 20.2. The Kier molecular flexibility index (Phi) is 4.90. The van der Waals surface area contributed by atoms with E-state index in [4.69, 9.17) is 21.1 Å². The Bertz CT molecular complexity index is 1470. The lowest BCUT2D eigenvalue weighted by Gasteiger charge is -2.12. The van der Waals surface area contributed by atoms with Crippen molar-refractivity contribution in [1.82, 2.24) is 18.7 Å². The zero-order chi connectivity index (χ0) is 22.4. The Hall–Kier alpha value is -3.72. The van der Waals surface area contributed by atoms with E-state index in [1.54, 1.807) is 17.7 Å². The van der Waals surface area contributed by atoms with Crippen molar-refractivity contribution in [2.45, 2.75) is 13.1 Å². The first-order valence-corrected chi connectivity index (χ1v) is 10.3. The van der Waals surface area contributed by atoms with Crippen LogP contribution in [0.25, 0.3) is 11.2 Å². The maximum atomic E-state index is 13.0. The van der Waals surface area contributed by atoms with Gasteiger partial charge in [0.2, 0.25) is 12.7 Å². The summed E-state index contributed by atoms with van der Waals surface area (Å²) in [7, 11) is 3.06. The second kappa shape index (κ2) is 7.76. The molecule has 32 heavy (non-hydrogen) atoms. The molecule has 2 aromatic carbocycles. The number of halogens is 1. The third-order valence-corrected chi connectivity index (χ3v) is 5.70. The lowest BCUT2D eigenvalue weighted by molar-refractivity contribution is 0.174. The highest BCUT2D eigenvalue weighted by Crippen LogP contribution is 2.32. The Morgan fingerprint density at radius 1 is 1.03 bits per heavy atom. The fourth-order valence-electron chi connectivity index (χ4n) is 3.79. The van der Waals surface area contributed by atoms with Crippen molar-refractivity contribution in [3.8, 4) is 11.5 Å². The molecule has 0 radical (unpaired) electrons. The molecular weight excluding hydrogens is 434 g/mol. The predicted octanol–water partition coefficient (Wildman–Crippen LogP) is 2.48. The zero-order valence-corrected chi connectivity index (χ0v) is 18.2. The topological polar surface area (TPSA) is 92.3 Å². The van der Waals surface area contributed by atoms with Gasteiger partial charge in [-0.05, 0) is 35.4 Å². The number of hydrogen-bond acceptors (Lipinski definition) is 6. The highest BCUT2D eigenvalue weighted by molar-refractivity contribution is 6.30. The number of hydrogen-bond donors (Lipinski definition) is 1. The van der Waals surface area contributed by atoms with Crippen molar-refractivity contribution < 1.29 is 9.47 Å². The summed E-state index contributed by atoms with van der Waals surface area (Å²) in [5.41, 5.74) is 1.67. The molecule has 0 bridgehead atoms. The lowest BCUT2D eigenvalue weighted by atomic mass is 10.2. The molecule has 0 aliphatic carbocycles. The van der Waals surface area contributed by atoms with Crippen LogP contribution in [0.3, 0.4) is 0 Å². The Morgan fingerprint density at radius 3 is 2.66 bits per heavy atom. The lowest BCUT2D eigenvalue weighted by Crippen LogP contribution is -2.37. The molecule has 0 unspecified atom stereocenters. The molecular formula is C22H20ClN5O4. The van der Waals surface area contributed by atoms with Crippen LogP contribution in [0.2, 0.25) is 5.02 Å². The van der Waals surface area contributed by atoms with E-state index in [0.29, 0.717) is 46.7 Å². The van der Waals surface area contributed by atoms with Crippen LogP contribution in [0.1, 0.15) is 11.1 Å². The molecule has 0 saturated heterocycles. The molecule has 0 amide bonds. The summed E-state index contributed by atoms with van der Waals surface area (Å²) in [6, 6.07) is 13.1. The number of aryl methyl sites for hydroxylation is 1. The van der Waals surface area contributed by atoms with Gasteiger partial charge in [0, 0.05) is 25.7 Å². The van der Waals surface area contributed by atoms with Gasteiger partial charge in [-0.3, -0.25) is 18.5 Å². The summed E-state index contributed by atoms with van der Waals surface area (Å²) in [4.78, 5) is 30.0. The molecule has 1 aliphatic rings. The minimum absolute atomic E-state index is 0.207. The molecule has 164 valence electrons. The number of nitrogens with one attached hydrogen (secondary N) is 1. The first-order valence-electron chi connectivity index (χ1n) is 9.95. The van der Waals surface area contributed by atoms with E-state index in [0.717, 1.165) is 15.7 Å². The maximum absolute atomic E-state index is 13.0. The van der Waals surface area contributed by atoms with Crippen molar-refractivity contribution in [2.24, 2.45) is 14.1 Å². The van der Waals surface area contributed by atoms with E-state index in [9.17, 15) is 9.59 Å². The van der Waals surface area contributed by atoms with Crippen LogP contribution in [-0.4, -0.2) is 25.5 Å². The zero-order valence-electron chi connectivity index (χ0n) is 17.5. The number of anilines is 1. The van der Waals surface area contributed by atoms with Gasteiger partial charge in [0.15, 0.2) is 22.7 Å². The van der Waals surface area contributed by atoms with Gasteiger partial charge in [-0.1, -0.05) is 29.8 Å². The molecule has 4 aromatic rings. The maximum Gasteiger partial charge on any atom is 0.332 e. The van der Waals surface area contributed by atoms with Gasteiger partial charge in [0.25, 0.3) is 5.56 Å². The van der Waals surface area contributed by atoms with Gasteiger partial charge in [-0.15, -0.1) is 0 Å². The molecule has 9 nitrogen and oxygen atoms in total. The second-order valence-corrected chi connectivity index (χ2v) is 8.01. The summed E-state index contributed by atoms with van der Waals surface area (Å²) >= 11 is 6.16. The SMILES string of the molecule is Cn1c(=O)c2c(nc(NCc3ccc4c(c3)OCO4)n2Cc2cccc(Cl)c2)n(C)c1=O. The molecule has 0 saturated carbocycles. The summed E-state index contributed by atoms with van der Waals surface area (Å²) < 4.78 is 15.0. The number of imidazole rings is 1. The van der Waals surface area contributed by atoms with Crippen LogP contribution in [0.5, 0.6) is 11.5 Å². The molecule has 1 aliphatic heterocycles. The highest BCUT2D eigenvalue weighted by atomic mass is 35.5. The van der Waals surface area contributed by atoms with Crippen molar-refractivity contribution in [3.05, 3.63) is 79.5 Å². The Balaban J connectivity index is 1.59. The average Bonchev–Trinajstić information content (AvgIpc) is 3.39. The number of ether oxygens (including phenoxy) is 2. The normalized spacial score (nSPS) is 12.5. The Morgan fingerprint density at radius 2 is 1.84 bits per heavy atom. The fraction of sp³-hybridized carbons (Fsp3) is 0.227. The van der Waals surface area contributed by atoms with Crippen LogP contribution in [0.15, 0.2) is 52.1 Å². The number of nitrogens with zero attached hydrogens (tertiary/aromatic N) is 4. The van der Waals surface area contributed by atoms with Crippen LogP contribution in [0.4, 0.5) is 5.95 Å². The number of rotatable bonds is 5. The molecule has 5 rings (SSSR count). The van der Waals surface area contributed by atoms with Crippen LogP contribution in [-0.2, 0) is 27.2 Å². The molecule has 3 heterocycles. The van der Waals surface area contributed by atoms with E-state index in [2.05, 4.69) is 10.3 Å². The minimum atomic E-state index is -0.433. The Labute approximate surface area is 187 Å². The quantitative estimate of drug-likeness (QED) is 0.499. The highest BCUT2D eigenvalue weighted by Gasteiger charge is 2.20. The third kappa shape index (κ3) is 3.40. The van der Waals surface area contributed by atoms with Crippen LogP contribution >= 0.6 is 11.6 Å². The first-order chi connectivity index (χ1) is 15.4. The van der Waals surface area contributed by atoms with E-state index in [1.165, 1.54) is 11.6 Å². The van der Waals surface area contributed by atoms with Crippen LogP contribution in [0, 0.1) is 0 Å². The van der Waals surface area contributed by atoms with Gasteiger partial charge in [0.05, 0.1) is 6.54 Å². The van der Waals surface area contributed by atoms with Gasteiger partial charge >= 0.3 is 5.69 Å². The van der Waals surface area contributed by atoms with E-state index in [-0.39, 0.29) is 6.79 Å². The third-order valence-electron chi connectivity index (χ3n) is 5.47. The second-order valence-electron chi connectivity index (χ2n) is 7.57. The van der Waals surface area contributed by atoms with E-state index < -0.39 is 11.2 Å². The number of fused-ring (bicyclic) bond motifs is 2. The monoisotopic (exact) mass is 453 g/mol. The van der Waals surface area contributed by atoms with E-state index >= 15 is 0 Å². The standard InChI is InChI=1S/C22H20ClN5O4/c1-26-19-18(20(29)27(2)22(26)30)28(11-14-4-3-5-15(23)8-14)21(25-19)24-10-13-6-7-16-17(9-13)32-12-31-16/h3-9H,10-12H2,1-2H3,(H,24,25). The average molecular weight is 454 g/mol. The summed E-state index contributed by atoms with van der Waals surface area (Å²) in [5.74, 6) is 1.87. The molecule has 0 fully saturated rings. The van der Waals surface area contributed by atoms with Gasteiger partial charge < -0.3 is 14.8 Å². The van der Waals surface area contributed by atoms with E-state index in [1.807, 2.05) is 36.4 Å². The molecule has 0 spiro atoms. The number of aromatic nitrogens is 4. The van der Waals surface area contributed by atoms with Crippen molar-refractivity contribution >= 4 is 28.7 Å². The fourth-order valence-corrected chi connectivity index (χ4v) is 4.00. The van der Waals surface area contributed by atoms with Gasteiger partial charge in [-0.2, -0.15) is 4.98 Å². The van der Waals surface area contributed by atoms with Crippen molar-refractivity contribution in [1.29, 1.82) is 0 Å². The molecule has 10 heteroatoms. The summed E-state index contributed by atoms with van der Waals surface area (Å²) in [6.45, 7) is 0.997. The van der Waals surface area contributed by atoms with Crippen molar-refractivity contribution in [3.63, 3.8) is 0 Å². The largest absolute Gasteiger partial charge is 0.454 e. The van der Waals surface area contributed by atoms with Gasteiger partial charge in [-0.25, -0.2) is 4.79 Å². The van der Waals surface area contributed by atoms with Crippen LogP contribution < -0.4 is 26.0 Å². The molecule has 0 atom stereocenters. The molecule has 2 aromatic heterocycles. The van der Waals surface area contributed by atoms with Gasteiger partial charge in [0.1, 0.15) is 0 Å². The van der Waals surface area contributed by atoms with Crippen molar-refractivity contribution in [2.75, 3.05) is 12.1 Å². The number of benzene rings is 2. The summed E-state index contributed by atoms with van der Waals surface area (Å²) in [6.07, 6.45) is 0. The summed E-state index contributed by atoms with van der Waals surface area (Å²) in [5, 5.41) is 3.90. The minimum Gasteiger partial charge on any atom is -0.454 e. The predicted molar refractivity (Wildman–Crippen MR) is 121 cm³/mol. The molecule has 1 N–H and O–H groups in total. The smallest absolute Gasteiger partial charge is 0.332 e.